The number of ether oxygens (including phenoxy) is 1. The molecule has 128 valence electrons. The Hall–Kier alpha value is -1.49. The molecule has 1 heterocycles. The quantitative estimate of drug-likeness (QED) is 0.876. The minimum absolute atomic E-state index is 0.268. The van der Waals surface area contributed by atoms with Crippen LogP contribution in [0.4, 0.5) is 14.9 Å². The number of nitrogens with one attached hydrogen (secondary N) is 1. The molecule has 0 aromatic heterocycles. The van der Waals surface area contributed by atoms with Crippen LogP contribution in [0.3, 0.4) is 0 Å². The molecule has 1 N–H and O–H groups in total. The molecule has 0 saturated carbocycles. The van der Waals surface area contributed by atoms with Crippen molar-refractivity contribution in [1.29, 1.82) is 0 Å². The van der Waals surface area contributed by atoms with Crippen molar-refractivity contribution in [3.8, 4) is 0 Å². The maximum atomic E-state index is 13.3. The summed E-state index contributed by atoms with van der Waals surface area (Å²) < 4.78 is 18.7. The molecule has 0 aliphatic carbocycles. The highest BCUT2D eigenvalue weighted by Crippen LogP contribution is 2.22. The third-order valence-corrected chi connectivity index (χ3v) is 3.85. The number of rotatable bonds is 3. The SMILES string of the molecule is CC(C)(C)OC(=O)N1CCCC(CNc2cc(F)cc(Cl)c2)C1. The summed E-state index contributed by atoms with van der Waals surface area (Å²) in [5.41, 5.74) is 0.171. The predicted molar refractivity (Wildman–Crippen MR) is 90.4 cm³/mol. The van der Waals surface area contributed by atoms with Crippen LogP contribution >= 0.6 is 11.6 Å². The van der Waals surface area contributed by atoms with Crippen molar-refractivity contribution in [3.63, 3.8) is 0 Å². The highest BCUT2D eigenvalue weighted by molar-refractivity contribution is 6.30. The first-order chi connectivity index (χ1) is 10.7. The van der Waals surface area contributed by atoms with Gasteiger partial charge in [0, 0.05) is 30.3 Å². The summed E-state index contributed by atoms with van der Waals surface area (Å²) in [5.74, 6) is -0.0580. The van der Waals surface area contributed by atoms with Crippen LogP contribution in [0, 0.1) is 11.7 Å². The van der Waals surface area contributed by atoms with E-state index in [0.29, 0.717) is 29.7 Å². The van der Waals surface area contributed by atoms with Crippen molar-refractivity contribution >= 4 is 23.4 Å². The van der Waals surface area contributed by atoms with Crippen LogP contribution in [-0.4, -0.2) is 36.2 Å². The minimum Gasteiger partial charge on any atom is -0.444 e. The second-order valence-corrected chi connectivity index (χ2v) is 7.41. The molecular formula is C17H24ClFN2O2. The molecule has 1 aliphatic heterocycles. The van der Waals surface area contributed by atoms with E-state index in [1.165, 1.54) is 12.1 Å². The smallest absolute Gasteiger partial charge is 0.410 e. The van der Waals surface area contributed by atoms with Gasteiger partial charge in [-0.1, -0.05) is 11.6 Å². The summed E-state index contributed by atoms with van der Waals surface area (Å²) in [6.07, 6.45) is 1.70. The minimum atomic E-state index is -0.486. The Labute approximate surface area is 141 Å². The Kier molecular flexibility index (Phi) is 5.74. The van der Waals surface area contributed by atoms with Crippen LogP contribution in [0.2, 0.25) is 5.02 Å². The first-order valence-corrected chi connectivity index (χ1v) is 8.28. The van der Waals surface area contributed by atoms with Crippen LogP contribution in [0.5, 0.6) is 0 Å². The van der Waals surface area contributed by atoms with Gasteiger partial charge < -0.3 is 15.0 Å². The molecule has 0 radical (unpaired) electrons. The lowest BCUT2D eigenvalue weighted by atomic mass is 9.98. The lowest BCUT2D eigenvalue weighted by molar-refractivity contribution is 0.0172. The summed E-state index contributed by atoms with van der Waals surface area (Å²) in [5, 5.41) is 3.57. The van der Waals surface area contributed by atoms with Gasteiger partial charge in [0.1, 0.15) is 11.4 Å². The van der Waals surface area contributed by atoms with E-state index in [9.17, 15) is 9.18 Å². The molecule has 1 amide bonds. The zero-order chi connectivity index (χ0) is 17.0. The van der Waals surface area contributed by atoms with E-state index in [2.05, 4.69) is 5.32 Å². The average molecular weight is 343 g/mol. The van der Waals surface area contributed by atoms with Crippen molar-refractivity contribution < 1.29 is 13.9 Å². The largest absolute Gasteiger partial charge is 0.444 e. The number of piperidine rings is 1. The van der Waals surface area contributed by atoms with Crippen molar-refractivity contribution in [1.82, 2.24) is 4.90 Å². The predicted octanol–water partition coefficient (Wildman–Crippen LogP) is 4.54. The molecule has 1 unspecified atom stereocenters. The number of benzene rings is 1. The van der Waals surface area contributed by atoms with E-state index in [1.54, 1.807) is 11.0 Å². The number of nitrogens with zero attached hydrogens (tertiary/aromatic N) is 1. The number of amides is 1. The summed E-state index contributed by atoms with van der Waals surface area (Å²) in [4.78, 5) is 13.9. The molecular weight excluding hydrogens is 319 g/mol. The van der Waals surface area contributed by atoms with E-state index in [0.717, 1.165) is 19.4 Å². The number of likely N-dealkylation sites (tertiary alicyclic amines) is 1. The van der Waals surface area contributed by atoms with Crippen molar-refractivity contribution in [2.45, 2.75) is 39.2 Å². The van der Waals surface area contributed by atoms with Crippen LogP contribution in [0.15, 0.2) is 18.2 Å². The highest BCUT2D eigenvalue weighted by atomic mass is 35.5. The van der Waals surface area contributed by atoms with Crippen molar-refractivity contribution in [2.24, 2.45) is 5.92 Å². The van der Waals surface area contributed by atoms with Crippen molar-refractivity contribution in [2.75, 3.05) is 25.0 Å². The first-order valence-electron chi connectivity index (χ1n) is 7.91. The number of hydrogen-bond acceptors (Lipinski definition) is 3. The van der Waals surface area contributed by atoms with E-state index >= 15 is 0 Å². The Morgan fingerprint density at radius 2 is 2.17 bits per heavy atom. The van der Waals surface area contributed by atoms with Gasteiger partial charge in [-0.3, -0.25) is 0 Å². The number of anilines is 1. The summed E-state index contributed by atoms with van der Waals surface area (Å²) in [6.45, 7) is 7.62. The maximum absolute atomic E-state index is 13.3. The van der Waals surface area contributed by atoms with Crippen LogP contribution < -0.4 is 5.32 Å². The first kappa shape index (κ1) is 17.9. The lowest BCUT2D eigenvalue weighted by Gasteiger charge is -2.34. The van der Waals surface area contributed by atoms with Crippen molar-refractivity contribution in [3.05, 3.63) is 29.0 Å². The molecule has 4 nitrogen and oxygen atoms in total. The van der Waals surface area contributed by atoms with Gasteiger partial charge in [0.05, 0.1) is 0 Å². The zero-order valence-corrected chi connectivity index (χ0v) is 14.6. The van der Waals surface area contributed by atoms with Gasteiger partial charge >= 0.3 is 6.09 Å². The van der Waals surface area contributed by atoms with E-state index in [4.69, 9.17) is 16.3 Å². The standard InChI is InChI=1S/C17H24ClFN2O2/c1-17(2,3)23-16(22)21-6-4-5-12(11-21)10-20-15-8-13(18)7-14(19)9-15/h7-9,12,20H,4-6,10-11H2,1-3H3. The Morgan fingerprint density at radius 3 is 2.83 bits per heavy atom. The maximum Gasteiger partial charge on any atom is 0.410 e. The number of carbonyl (C=O) groups excluding carboxylic acids is 1. The fourth-order valence-electron chi connectivity index (χ4n) is 2.64. The molecule has 1 fully saturated rings. The Balaban J connectivity index is 1.87. The van der Waals surface area contributed by atoms with Gasteiger partial charge in [-0.25, -0.2) is 9.18 Å². The van der Waals surface area contributed by atoms with E-state index < -0.39 is 5.60 Å². The summed E-state index contributed by atoms with van der Waals surface area (Å²) in [7, 11) is 0. The second kappa shape index (κ2) is 7.39. The Morgan fingerprint density at radius 1 is 1.43 bits per heavy atom. The molecule has 2 rings (SSSR count). The van der Waals surface area contributed by atoms with Gasteiger partial charge in [0.2, 0.25) is 0 Å². The third-order valence-electron chi connectivity index (χ3n) is 3.63. The van der Waals surface area contributed by atoms with Gasteiger partial charge in [-0.05, 0) is 57.7 Å². The average Bonchev–Trinajstić information content (AvgIpc) is 2.43. The second-order valence-electron chi connectivity index (χ2n) is 6.97. The lowest BCUT2D eigenvalue weighted by Crippen LogP contribution is -2.44. The normalized spacial score (nSPS) is 18.7. The highest BCUT2D eigenvalue weighted by Gasteiger charge is 2.27. The number of halogens is 2. The zero-order valence-electron chi connectivity index (χ0n) is 13.9. The molecule has 0 spiro atoms. The fourth-order valence-corrected chi connectivity index (χ4v) is 2.86. The van der Waals surface area contributed by atoms with Gasteiger partial charge in [-0.2, -0.15) is 0 Å². The molecule has 1 aliphatic rings. The molecule has 23 heavy (non-hydrogen) atoms. The van der Waals surface area contributed by atoms with Crippen LogP contribution in [-0.2, 0) is 4.74 Å². The molecule has 1 saturated heterocycles. The van der Waals surface area contributed by atoms with Gasteiger partial charge in [0.25, 0.3) is 0 Å². The third kappa shape index (κ3) is 5.90. The molecule has 1 aromatic carbocycles. The molecule has 1 atom stereocenters. The number of hydrogen-bond donors (Lipinski definition) is 1. The Bertz CT molecular complexity index is 540. The summed E-state index contributed by atoms with van der Waals surface area (Å²) in [6, 6.07) is 4.39. The van der Waals surface area contributed by atoms with E-state index in [-0.39, 0.29) is 11.9 Å². The van der Waals surface area contributed by atoms with Gasteiger partial charge in [0.15, 0.2) is 0 Å². The van der Waals surface area contributed by atoms with Crippen LogP contribution in [0.25, 0.3) is 0 Å². The van der Waals surface area contributed by atoms with E-state index in [1.807, 2.05) is 20.8 Å². The monoisotopic (exact) mass is 342 g/mol. The molecule has 6 heteroatoms. The molecule has 0 bridgehead atoms. The van der Waals surface area contributed by atoms with Gasteiger partial charge in [-0.15, -0.1) is 0 Å². The molecule has 1 aromatic rings. The summed E-state index contributed by atoms with van der Waals surface area (Å²) >= 11 is 5.85. The number of carbonyl (C=O) groups is 1. The van der Waals surface area contributed by atoms with Crippen LogP contribution in [0.1, 0.15) is 33.6 Å². The topological polar surface area (TPSA) is 41.6 Å². The fraction of sp³-hybridized carbons (Fsp3) is 0.588.